The summed E-state index contributed by atoms with van der Waals surface area (Å²) in [5, 5.41) is 3.98. The van der Waals surface area contributed by atoms with Crippen molar-refractivity contribution in [3.8, 4) is 0 Å². The van der Waals surface area contributed by atoms with Gasteiger partial charge in [-0.3, -0.25) is 14.2 Å². The third-order valence-corrected chi connectivity index (χ3v) is 10.7. The Balaban J connectivity index is 0.00000384. The van der Waals surface area contributed by atoms with E-state index in [2.05, 4.69) is 5.32 Å². The van der Waals surface area contributed by atoms with Crippen molar-refractivity contribution in [1.29, 1.82) is 0 Å². The Morgan fingerprint density at radius 2 is 1.80 bits per heavy atom. The lowest BCUT2D eigenvalue weighted by Crippen LogP contribution is -2.50. The normalized spacial score (nSPS) is 30.4. The molecule has 44 heavy (non-hydrogen) atoms. The summed E-state index contributed by atoms with van der Waals surface area (Å²) in [4.78, 5) is 42.4. The van der Waals surface area contributed by atoms with E-state index in [1.807, 2.05) is 41.5 Å². The number of likely N-dealkylation sites (tertiary alicyclic amines) is 1. The predicted octanol–water partition coefficient (Wildman–Crippen LogP) is 5.39. The average molecular weight is 633 g/mol. The number of hydrogen-bond acceptors (Lipinski definition) is 6. The zero-order valence-electron chi connectivity index (χ0n) is 25.9. The van der Waals surface area contributed by atoms with Gasteiger partial charge in [0.15, 0.2) is 5.72 Å². The Bertz CT molecular complexity index is 1380. The van der Waals surface area contributed by atoms with E-state index >= 15 is 0 Å². The molecule has 9 nitrogen and oxygen atoms in total. The summed E-state index contributed by atoms with van der Waals surface area (Å²) in [6, 6.07) is 6.42. The fourth-order valence-corrected chi connectivity index (χ4v) is 8.36. The molecule has 1 aromatic carbocycles. The highest BCUT2D eigenvalue weighted by atomic mass is 35.5. The molecule has 242 valence electrons. The van der Waals surface area contributed by atoms with Gasteiger partial charge in [-0.1, -0.05) is 0 Å². The molecule has 2 aliphatic heterocycles. The maximum atomic E-state index is 14.1. The van der Waals surface area contributed by atoms with Gasteiger partial charge in [-0.05, 0) is 114 Å². The molecular weight excluding hydrogens is 587 g/mol. The molecule has 2 aromatic rings. The quantitative estimate of drug-likeness (QED) is 0.396. The number of rotatable bonds is 7. The number of fused-ring (bicyclic) bond motifs is 3. The van der Waals surface area contributed by atoms with Crippen molar-refractivity contribution in [3.05, 3.63) is 30.0 Å². The standard InChI is InChI=1S/C33H45FN4O5.ClH/c1-33(2)38-27-13-10-23(16-22(27)17-28(38)32(41)43-33)36-30(39)29-25(19-8-11-24(42-3)12-9-19)14-15-37(29)31(40)21-6-4-20(5-7-21)26(35)18-34;/h10,13,16-17,19-21,24-26,29H,4-9,11-12,14-15,18,35H2,1-3H3,(H,36,39);1H/t19?,20-,21-,24?,25-,26+,29-;/m0./s1. The van der Waals surface area contributed by atoms with Gasteiger partial charge in [0.2, 0.25) is 11.8 Å². The fraction of sp³-hybridized carbons (Fsp3) is 0.667. The van der Waals surface area contributed by atoms with Crippen molar-refractivity contribution in [2.75, 3.05) is 25.6 Å². The van der Waals surface area contributed by atoms with E-state index in [9.17, 15) is 18.8 Å². The summed E-state index contributed by atoms with van der Waals surface area (Å²) in [6.45, 7) is 3.73. The predicted molar refractivity (Wildman–Crippen MR) is 168 cm³/mol. The number of ether oxygens (including phenoxy) is 2. The van der Waals surface area contributed by atoms with Gasteiger partial charge >= 0.3 is 5.97 Å². The van der Waals surface area contributed by atoms with E-state index in [-0.39, 0.29) is 54.0 Å². The number of methoxy groups -OCH3 is 1. The SMILES string of the molecule is COC1CCC([C@@H]2CCN(C(=O)[C@H]3CC[C@H]([C@H](N)CF)CC3)[C@@H]2C(=O)Nc2ccc3c(c2)cc2n3C(C)(C)OC2=O)CC1.Cl. The number of anilines is 1. The molecule has 0 radical (unpaired) electrons. The molecule has 1 saturated heterocycles. The zero-order chi connectivity index (χ0) is 30.5. The second kappa shape index (κ2) is 13.0. The molecular formula is C33H46ClFN4O5. The number of alkyl halides is 1. The number of nitrogens with two attached hydrogens (primary N) is 1. The minimum Gasteiger partial charge on any atom is -0.434 e. The van der Waals surface area contributed by atoms with Crippen molar-refractivity contribution < 1.29 is 28.2 Å². The number of aromatic nitrogens is 1. The Kier molecular flexibility index (Phi) is 9.64. The summed E-state index contributed by atoms with van der Waals surface area (Å²) in [5.74, 6) is -0.111. The lowest BCUT2D eigenvalue weighted by Gasteiger charge is -2.37. The zero-order valence-corrected chi connectivity index (χ0v) is 26.7. The highest BCUT2D eigenvalue weighted by Crippen LogP contribution is 2.42. The van der Waals surface area contributed by atoms with Crippen LogP contribution in [0.25, 0.3) is 10.9 Å². The molecule has 4 aliphatic rings. The van der Waals surface area contributed by atoms with Gasteiger partial charge in [0, 0.05) is 36.7 Å². The lowest BCUT2D eigenvalue weighted by atomic mass is 9.75. The fourth-order valence-electron chi connectivity index (χ4n) is 8.36. The van der Waals surface area contributed by atoms with Crippen LogP contribution in [0.4, 0.5) is 10.1 Å². The van der Waals surface area contributed by atoms with Gasteiger partial charge in [0.25, 0.3) is 0 Å². The second-order valence-corrected chi connectivity index (χ2v) is 13.6. The number of nitrogens with zero attached hydrogens (tertiary/aromatic N) is 2. The van der Waals surface area contributed by atoms with Gasteiger partial charge in [0.05, 0.1) is 11.6 Å². The van der Waals surface area contributed by atoms with Crippen LogP contribution in [0.3, 0.4) is 0 Å². The van der Waals surface area contributed by atoms with Gasteiger partial charge in [-0.15, -0.1) is 12.4 Å². The molecule has 0 unspecified atom stereocenters. The molecule has 2 saturated carbocycles. The third-order valence-electron chi connectivity index (χ3n) is 10.7. The van der Waals surface area contributed by atoms with Gasteiger partial charge in [0.1, 0.15) is 18.4 Å². The monoisotopic (exact) mass is 632 g/mol. The Morgan fingerprint density at radius 3 is 2.45 bits per heavy atom. The van der Waals surface area contributed by atoms with Crippen LogP contribution in [0.15, 0.2) is 24.3 Å². The first-order valence-electron chi connectivity index (χ1n) is 16.0. The second-order valence-electron chi connectivity index (χ2n) is 13.6. The van der Waals surface area contributed by atoms with Crippen LogP contribution in [0.1, 0.15) is 82.1 Å². The smallest absolute Gasteiger partial charge is 0.357 e. The molecule has 11 heteroatoms. The summed E-state index contributed by atoms with van der Waals surface area (Å²) in [6.07, 6.45) is 7.79. The molecule has 0 spiro atoms. The molecule has 3 atom stereocenters. The summed E-state index contributed by atoms with van der Waals surface area (Å²) >= 11 is 0. The van der Waals surface area contributed by atoms with Crippen molar-refractivity contribution in [3.63, 3.8) is 0 Å². The highest BCUT2D eigenvalue weighted by molar-refractivity contribution is 6.02. The van der Waals surface area contributed by atoms with Gasteiger partial charge in [-0.2, -0.15) is 0 Å². The number of halogens is 2. The topological polar surface area (TPSA) is 116 Å². The third kappa shape index (κ3) is 5.97. The number of benzene rings is 1. The molecule has 6 rings (SSSR count). The maximum Gasteiger partial charge on any atom is 0.357 e. The number of esters is 1. The van der Waals surface area contributed by atoms with Crippen molar-refractivity contribution in [2.45, 2.75) is 95.5 Å². The van der Waals surface area contributed by atoms with Gasteiger partial charge in [-0.25, -0.2) is 9.18 Å². The largest absolute Gasteiger partial charge is 0.434 e. The first kappa shape index (κ1) is 32.7. The molecule has 2 amide bonds. The summed E-state index contributed by atoms with van der Waals surface area (Å²) in [7, 11) is 1.76. The van der Waals surface area contributed by atoms with Crippen LogP contribution < -0.4 is 11.1 Å². The molecule has 3 N–H and O–H groups in total. The number of amides is 2. The van der Waals surface area contributed by atoms with E-state index in [4.69, 9.17) is 15.2 Å². The number of carbonyl (C=O) groups excluding carboxylic acids is 3. The van der Waals surface area contributed by atoms with Crippen LogP contribution in [-0.2, 0) is 24.8 Å². The summed E-state index contributed by atoms with van der Waals surface area (Å²) < 4.78 is 26.2. The Morgan fingerprint density at radius 1 is 1.09 bits per heavy atom. The Labute approximate surface area is 264 Å². The maximum absolute atomic E-state index is 14.1. The lowest BCUT2D eigenvalue weighted by molar-refractivity contribution is -0.142. The first-order valence-corrected chi connectivity index (χ1v) is 16.0. The van der Waals surface area contributed by atoms with E-state index in [1.54, 1.807) is 13.2 Å². The minimum atomic E-state index is -0.783. The summed E-state index contributed by atoms with van der Waals surface area (Å²) in [5.41, 5.74) is 7.17. The van der Waals surface area contributed by atoms with Crippen LogP contribution in [0.2, 0.25) is 0 Å². The number of cyclic esters (lactones) is 1. The first-order chi connectivity index (χ1) is 20.6. The van der Waals surface area contributed by atoms with E-state index in [0.717, 1.165) is 55.8 Å². The van der Waals surface area contributed by atoms with Crippen molar-refractivity contribution in [2.24, 2.45) is 29.4 Å². The number of hydrogen-bond donors (Lipinski definition) is 2. The van der Waals surface area contributed by atoms with Crippen LogP contribution in [0.5, 0.6) is 0 Å². The van der Waals surface area contributed by atoms with E-state index < -0.39 is 24.5 Å². The van der Waals surface area contributed by atoms with Crippen LogP contribution in [-0.4, -0.2) is 65.8 Å². The highest BCUT2D eigenvalue weighted by Gasteiger charge is 2.47. The molecule has 1 aromatic heterocycles. The average Bonchev–Trinajstić information content (AvgIpc) is 3.68. The van der Waals surface area contributed by atoms with Crippen molar-refractivity contribution in [1.82, 2.24) is 9.47 Å². The van der Waals surface area contributed by atoms with E-state index in [0.29, 0.717) is 36.7 Å². The molecule has 0 bridgehead atoms. The van der Waals surface area contributed by atoms with Crippen molar-refractivity contribution >= 4 is 46.8 Å². The Hall–Kier alpha value is -2.69. The number of carbonyl (C=O) groups is 3. The van der Waals surface area contributed by atoms with Crippen LogP contribution in [0, 0.1) is 23.7 Å². The minimum absolute atomic E-state index is 0. The molecule has 2 aliphatic carbocycles. The number of nitrogens with one attached hydrogen (secondary N) is 1. The molecule has 3 fully saturated rings. The van der Waals surface area contributed by atoms with E-state index in [1.165, 1.54) is 0 Å². The van der Waals surface area contributed by atoms with Crippen LogP contribution >= 0.6 is 12.4 Å². The molecule has 3 heterocycles. The van der Waals surface area contributed by atoms with Gasteiger partial charge < -0.3 is 25.4 Å².